The molecule has 1 rings (SSSR count). The minimum Gasteiger partial charge on any atom is -0.491 e. The number of hydrogen-bond donors (Lipinski definition) is 3. The molecule has 0 saturated carbocycles. The van der Waals surface area contributed by atoms with Crippen LogP contribution in [0.4, 0.5) is 11.4 Å². The first kappa shape index (κ1) is 12.2. The Balaban J connectivity index is 2.77. The number of amides is 1. The van der Waals surface area contributed by atoms with Gasteiger partial charge in [-0.3, -0.25) is 4.79 Å². The van der Waals surface area contributed by atoms with Gasteiger partial charge in [-0.25, -0.2) is 0 Å². The topological polar surface area (TPSA) is 90.4 Å². The second-order valence-corrected chi connectivity index (χ2v) is 3.78. The van der Waals surface area contributed by atoms with Crippen molar-refractivity contribution in [2.24, 2.45) is 5.73 Å². The molecule has 0 spiro atoms. The Bertz CT molecular complexity index is 377. The number of nitrogens with one attached hydrogen (secondary N) is 1. The summed E-state index contributed by atoms with van der Waals surface area (Å²) in [7, 11) is 0. The van der Waals surface area contributed by atoms with E-state index in [1.165, 1.54) is 0 Å². The Labute approximate surface area is 94.8 Å². The molecule has 0 heterocycles. The molecule has 0 saturated heterocycles. The highest BCUT2D eigenvalue weighted by Crippen LogP contribution is 2.23. The van der Waals surface area contributed by atoms with Crippen LogP contribution in [0.25, 0.3) is 0 Å². The van der Waals surface area contributed by atoms with Gasteiger partial charge in [0.15, 0.2) is 0 Å². The van der Waals surface area contributed by atoms with Crippen molar-refractivity contribution in [2.75, 3.05) is 17.6 Å². The largest absolute Gasteiger partial charge is 0.491 e. The van der Waals surface area contributed by atoms with Gasteiger partial charge in [0, 0.05) is 23.5 Å². The van der Waals surface area contributed by atoms with Crippen LogP contribution in [0.3, 0.4) is 0 Å². The van der Waals surface area contributed by atoms with E-state index in [9.17, 15) is 4.79 Å². The molecule has 0 aliphatic rings. The molecule has 0 aliphatic heterocycles. The average molecular weight is 223 g/mol. The summed E-state index contributed by atoms with van der Waals surface area (Å²) in [6.45, 7) is 3.93. The van der Waals surface area contributed by atoms with E-state index in [0.717, 1.165) is 5.69 Å². The Morgan fingerprint density at radius 3 is 2.69 bits per heavy atom. The first-order valence-electron chi connectivity index (χ1n) is 5.07. The number of rotatable bonds is 5. The van der Waals surface area contributed by atoms with Crippen LogP contribution in [0.5, 0.6) is 5.75 Å². The third kappa shape index (κ3) is 4.08. The van der Waals surface area contributed by atoms with Crippen molar-refractivity contribution in [3.8, 4) is 5.75 Å². The van der Waals surface area contributed by atoms with Crippen LogP contribution in [0.15, 0.2) is 18.2 Å². The summed E-state index contributed by atoms with van der Waals surface area (Å²) >= 11 is 0. The zero-order valence-corrected chi connectivity index (χ0v) is 9.49. The van der Waals surface area contributed by atoms with Crippen LogP contribution in [0.1, 0.15) is 13.8 Å². The Hall–Kier alpha value is -1.91. The van der Waals surface area contributed by atoms with Gasteiger partial charge in [-0.1, -0.05) is 0 Å². The number of hydrogen-bond acceptors (Lipinski definition) is 4. The number of ether oxygens (including phenoxy) is 1. The molecule has 0 radical (unpaired) electrons. The molecule has 5 N–H and O–H groups in total. The highest BCUT2D eigenvalue weighted by atomic mass is 16.5. The van der Waals surface area contributed by atoms with E-state index >= 15 is 0 Å². The number of nitrogens with two attached hydrogens (primary N) is 2. The van der Waals surface area contributed by atoms with Crippen molar-refractivity contribution in [1.82, 2.24) is 0 Å². The van der Waals surface area contributed by atoms with Crippen molar-refractivity contribution in [3.05, 3.63) is 18.2 Å². The lowest BCUT2D eigenvalue weighted by Crippen LogP contribution is -2.21. The zero-order chi connectivity index (χ0) is 12.1. The minimum absolute atomic E-state index is 0.0740. The predicted octanol–water partition coefficient (Wildman–Crippen LogP) is 0.953. The van der Waals surface area contributed by atoms with Crippen molar-refractivity contribution in [2.45, 2.75) is 20.0 Å². The third-order valence-electron chi connectivity index (χ3n) is 1.77. The second-order valence-electron chi connectivity index (χ2n) is 3.78. The molecule has 1 amide bonds. The summed E-state index contributed by atoms with van der Waals surface area (Å²) in [4.78, 5) is 10.6. The fourth-order valence-electron chi connectivity index (χ4n) is 1.25. The lowest BCUT2D eigenvalue weighted by atomic mass is 10.2. The summed E-state index contributed by atoms with van der Waals surface area (Å²) in [5, 5.41) is 2.86. The first-order valence-corrected chi connectivity index (χ1v) is 5.07. The van der Waals surface area contributed by atoms with Gasteiger partial charge in [0.05, 0.1) is 12.6 Å². The van der Waals surface area contributed by atoms with Crippen LogP contribution in [0.2, 0.25) is 0 Å². The summed E-state index contributed by atoms with van der Waals surface area (Å²) in [6.07, 6.45) is 0.0748. The lowest BCUT2D eigenvalue weighted by Gasteiger charge is -2.12. The number of primary amides is 1. The van der Waals surface area contributed by atoms with E-state index in [0.29, 0.717) is 11.4 Å². The lowest BCUT2D eigenvalue weighted by molar-refractivity contribution is -0.116. The minimum atomic E-state index is -0.422. The summed E-state index contributed by atoms with van der Waals surface area (Å²) < 4.78 is 5.51. The number of anilines is 2. The second kappa shape index (κ2) is 5.25. The van der Waals surface area contributed by atoms with Crippen molar-refractivity contribution < 1.29 is 9.53 Å². The maximum Gasteiger partial charge on any atom is 0.236 e. The van der Waals surface area contributed by atoms with Gasteiger partial charge in [0.2, 0.25) is 5.91 Å². The van der Waals surface area contributed by atoms with E-state index in [2.05, 4.69) is 5.32 Å². The van der Waals surface area contributed by atoms with Crippen molar-refractivity contribution >= 4 is 17.3 Å². The molecule has 16 heavy (non-hydrogen) atoms. The average Bonchev–Trinajstić information content (AvgIpc) is 2.12. The number of carbonyl (C=O) groups is 1. The molecule has 0 atom stereocenters. The number of benzene rings is 1. The molecule has 0 fully saturated rings. The normalized spacial score (nSPS) is 10.2. The highest BCUT2D eigenvalue weighted by Gasteiger charge is 2.02. The van der Waals surface area contributed by atoms with Gasteiger partial charge in [-0.2, -0.15) is 0 Å². The molecule has 1 aromatic rings. The van der Waals surface area contributed by atoms with Gasteiger partial charge in [0.1, 0.15) is 5.75 Å². The quantitative estimate of drug-likeness (QED) is 0.648. The van der Waals surface area contributed by atoms with Gasteiger partial charge < -0.3 is 21.5 Å². The van der Waals surface area contributed by atoms with Crippen molar-refractivity contribution in [1.29, 1.82) is 0 Å². The van der Waals surface area contributed by atoms with Gasteiger partial charge in [-0.15, -0.1) is 0 Å². The van der Waals surface area contributed by atoms with E-state index < -0.39 is 5.91 Å². The molecule has 88 valence electrons. The van der Waals surface area contributed by atoms with E-state index in [4.69, 9.17) is 16.2 Å². The van der Waals surface area contributed by atoms with Crippen LogP contribution in [-0.4, -0.2) is 18.6 Å². The molecule has 0 unspecified atom stereocenters. The molecule has 0 aromatic heterocycles. The van der Waals surface area contributed by atoms with Gasteiger partial charge in [-0.05, 0) is 19.9 Å². The Morgan fingerprint density at radius 2 is 2.12 bits per heavy atom. The Kier molecular flexibility index (Phi) is 3.99. The fourth-order valence-corrected chi connectivity index (χ4v) is 1.25. The first-order chi connectivity index (χ1) is 7.47. The fraction of sp³-hybridized carbons (Fsp3) is 0.364. The zero-order valence-electron chi connectivity index (χ0n) is 9.49. The summed E-state index contributed by atoms with van der Waals surface area (Å²) in [6, 6.07) is 5.23. The molecule has 0 bridgehead atoms. The molecule has 5 heteroatoms. The highest BCUT2D eigenvalue weighted by molar-refractivity contribution is 5.79. The number of carbonyl (C=O) groups excluding carboxylic acids is 1. The van der Waals surface area contributed by atoms with Crippen LogP contribution < -0.4 is 21.5 Å². The maximum absolute atomic E-state index is 10.6. The Morgan fingerprint density at radius 1 is 1.44 bits per heavy atom. The standard InChI is InChI=1S/C11H17N3O2/c1-7(2)16-10-4-8(12)3-9(5-10)14-6-11(13)15/h3-5,7,14H,6,12H2,1-2H3,(H2,13,15). The third-order valence-corrected chi connectivity index (χ3v) is 1.77. The SMILES string of the molecule is CC(C)Oc1cc(N)cc(NCC(N)=O)c1. The smallest absolute Gasteiger partial charge is 0.236 e. The monoisotopic (exact) mass is 223 g/mol. The number of nitrogen functional groups attached to an aromatic ring is 1. The maximum atomic E-state index is 10.6. The molecular weight excluding hydrogens is 206 g/mol. The van der Waals surface area contributed by atoms with E-state index in [1.807, 2.05) is 13.8 Å². The van der Waals surface area contributed by atoms with Crippen LogP contribution >= 0.6 is 0 Å². The van der Waals surface area contributed by atoms with Crippen LogP contribution in [-0.2, 0) is 4.79 Å². The van der Waals surface area contributed by atoms with Crippen molar-refractivity contribution in [3.63, 3.8) is 0 Å². The van der Waals surface area contributed by atoms with E-state index in [1.54, 1.807) is 18.2 Å². The molecule has 5 nitrogen and oxygen atoms in total. The molecular formula is C11H17N3O2. The van der Waals surface area contributed by atoms with Gasteiger partial charge >= 0.3 is 0 Å². The van der Waals surface area contributed by atoms with E-state index in [-0.39, 0.29) is 12.6 Å². The summed E-state index contributed by atoms with van der Waals surface area (Å²) in [5.41, 5.74) is 12.0. The summed E-state index contributed by atoms with van der Waals surface area (Å²) in [5.74, 6) is 0.246. The molecule has 1 aromatic carbocycles. The van der Waals surface area contributed by atoms with Crippen LogP contribution in [0, 0.1) is 0 Å². The van der Waals surface area contributed by atoms with Gasteiger partial charge in [0.25, 0.3) is 0 Å². The predicted molar refractivity (Wildman–Crippen MR) is 64.3 cm³/mol. The molecule has 0 aliphatic carbocycles.